The minimum atomic E-state index is -0.144. The highest BCUT2D eigenvalue weighted by atomic mass is 16.2. The maximum absolute atomic E-state index is 10.6. The summed E-state index contributed by atoms with van der Waals surface area (Å²) < 4.78 is 0. The van der Waals surface area contributed by atoms with Crippen LogP contribution >= 0.6 is 0 Å². The highest BCUT2D eigenvalue weighted by Gasteiger charge is 2.29. The van der Waals surface area contributed by atoms with Crippen molar-refractivity contribution < 1.29 is 4.79 Å². The molecule has 1 heterocycles. The Kier molecular flexibility index (Phi) is 0.860. The monoisotopic (exact) mass is 124 g/mol. The van der Waals surface area contributed by atoms with Crippen LogP contribution in [0.25, 0.3) is 0 Å². The molecule has 2 rings (SSSR count). The number of rotatable bonds is 0. The Hall–Kier alpha value is -0.860. The van der Waals surface area contributed by atoms with Gasteiger partial charge in [0.05, 0.1) is 6.04 Å². The maximum Gasteiger partial charge on any atom is 0.341 e. The van der Waals surface area contributed by atoms with Crippen LogP contribution < -0.4 is 5.32 Å². The van der Waals surface area contributed by atoms with Crippen molar-refractivity contribution in [2.75, 3.05) is 0 Å². The van der Waals surface area contributed by atoms with Crippen molar-refractivity contribution in [3.63, 3.8) is 0 Å². The Bertz CT molecular complexity index is 185. The Balaban J connectivity index is 2.27. The van der Waals surface area contributed by atoms with Gasteiger partial charge in [-0.15, -0.1) is 0 Å². The van der Waals surface area contributed by atoms with Crippen LogP contribution in [-0.4, -0.2) is 17.8 Å². The van der Waals surface area contributed by atoms with E-state index in [4.69, 9.17) is 0 Å². The molecule has 3 nitrogen and oxygen atoms in total. The summed E-state index contributed by atoms with van der Waals surface area (Å²) in [6.45, 7) is 0. The van der Waals surface area contributed by atoms with E-state index in [1.807, 2.05) is 0 Å². The molecule has 0 radical (unpaired) electrons. The van der Waals surface area contributed by atoms with E-state index >= 15 is 0 Å². The zero-order valence-electron chi connectivity index (χ0n) is 5.05. The van der Waals surface area contributed by atoms with E-state index in [-0.39, 0.29) is 6.03 Å². The molecule has 9 heavy (non-hydrogen) atoms. The van der Waals surface area contributed by atoms with Crippen LogP contribution in [0.2, 0.25) is 0 Å². The molecule has 1 aliphatic heterocycles. The fourth-order valence-electron chi connectivity index (χ4n) is 1.43. The molecule has 1 fully saturated rings. The van der Waals surface area contributed by atoms with Gasteiger partial charge in [0.15, 0.2) is 0 Å². The molecule has 2 amide bonds. The Morgan fingerprint density at radius 1 is 1.67 bits per heavy atom. The van der Waals surface area contributed by atoms with E-state index in [1.165, 1.54) is 6.42 Å². The predicted molar refractivity (Wildman–Crippen MR) is 33.6 cm³/mol. The molecule has 0 aromatic carbocycles. The van der Waals surface area contributed by atoms with Crippen molar-refractivity contribution in [3.8, 4) is 0 Å². The van der Waals surface area contributed by atoms with Crippen LogP contribution in [0.3, 0.4) is 0 Å². The minimum absolute atomic E-state index is 0.144. The molecule has 0 aromatic rings. The Labute approximate surface area is 53.2 Å². The van der Waals surface area contributed by atoms with Crippen molar-refractivity contribution in [1.82, 2.24) is 5.32 Å². The molecule has 0 spiro atoms. The number of nitrogens with one attached hydrogen (secondary N) is 1. The SMILES string of the molecule is O=C1N=C2CCCC2N1. The van der Waals surface area contributed by atoms with Gasteiger partial charge in [0.25, 0.3) is 0 Å². The summed E-state index contributed by atoms with van der Waals surface area (Å²) in [6, 6.07) is 0.159. The summed E-state index contributed by atoms with van der Waals surface area (Å²) in [5, 5.41) is 2.77. The number of aliphatic imine (C=N–C) groups is 1. The first-order valence-corrected chi connectivity index (χ1v) is 3.24. The predicted octanol–water partition coefficient (Wildman–Crippen LogP) is 0.703. The zero-order valence-corrected chi connectivity index (χ0v) is 5.05. The highest BCUT2D eigenvalue weighted by Crippen LogP contribution is 2.19. The molecule has 3 heteroatoms. The van der Waals surface area contributed by atoms with Gasteiger partial charge in [0.2, 0.25) is 0 Å². The van der Waals surface area contributed by atoms with E-state index in [0.29, 0.717) is 6.04 Å². The summed E-state index contributed by atoms with van der Waals surface area (Å²) in [4.78, 5) is 14.4. The molecule has 1 N–H and O–H groups in total. The number of carbonyl (C=O) groups is 1. The molecular formula is C6H8N2O. The number of amides is 2. The summed E-state index contributed by atoms with van der Waals surface area (Å²) in [5.41, 5.74) is 1.07. The first-order chi connectivity index (χ1) is 4.36. The number of urea groups is 1. The summed E-state index contributed by atoms with van der Waals surface area (Å²) in [6.07, 6.45) is 3.29. The van der Waals surface area contributed by atoms with Gasteiger partial charge in [-0.2, -0.15) is 0 Å². The summed E-state index contributed by atoms with van der Waals surface area (Å²) in [7, 11) is 0. The standard InChI is InChI=1S/C6H8N2O/c9-6-7-4-2-1-3-5(4)8-6/h4H,1-3H2,(H,7,9). The van der Waals surface area contributed by atoms with Crippen LogP contribution in [0.1, 0.15) is 19.3 Å². The Morgan fingerprint density at radius 2 is 2.56 bits per heavy atom. The van der Waals surface area contributed by atoms with Gasteiger partial charge in [-0.25, -0.2) is 9.79 Å². The van der Waals surface area contributed by atoms with Crippen molar-refractivity contribution >= 4 is 11.7 Å². The lowest BCUT2D eigenvalue weighted by atomic mass is 10.2. The van der Waals surface area contributed by atoms with Crippen LogP contribution in [0.15, 0.2) is 4.99 Å². The van der Waals surface area contributed by atoms with Gasteiger partial charge in [0.1, 0.15) is 0 Å². The third-order valence-electron chi connectivity index (χ3n) is 1.87. The lowest BCUT2D eigenvalue weighted by Gasteiger charge is -1.99. The molecule has 1 atom stereocenters. The third-order valence-corrected chi connectivity index (χ3v) is 1.87. The van der Waals surface area contributed by atoms with Gasteiger partial charge in [-0.05, 0) is 19.3 Å². The van der Waals surface area contributed by atoms with E-state index in [1.54, 1.807) is 0 Å². The first-order valence-electron chi connectivity index (χ1n) is 3.24. The first kappa shape index (κ1) is 4.97. The van der Waals surface area contributed by atoms with E-state index in [0.717, 1.165) is 18.6 Å². The van der Waals surface area contributed by atoms with Gasteiger partial charge in [-0.1, -0.05) is 0 Å². The largest absolute Gasteiger partial charge is 0.341 e. The molecule has 0 bridgehead atoms. The second kappa shape index (κ2) is 1.56. The lowest BCUT2D eigenvalue weighted by molar-refractivity contribution is 0.250. The number of hydrogen-bond donors (Lipinski definition) is 1. The second-order valence-electron chi connectivity index (χ2n) is 2.50. The number of nitrogens with zero attached hydrogens (tertiary/aromatic N) is 1. The highest BCUT2D eigenvalue weighted by molar-refractivity contribution is 6.05. The summed E-state index contributed by atoms with van der Waals surface area (Å²) >= 11 is 0. The summed E-state index contributed by atoms with van der Waals surface area (Å²) in [5.74, 6) is 0. The van der Waals surface area contributed by atoms with E-state index in [9.17, 15) is 4.79 Å². The van der Waals surface area contributed by atoms with Gasteiger partial charge >= 0.3 is 6.03 Å². The molecule has 48 valence electrons. The van der Waals surface area contributed by atoms with Gasteiger partial charge in [-0.3, -0.25) is 0 Å². The fourth-order valence-corrected chi connectivity index (χ4v) is 1.43. The zero-order chi connectivity index (χ0) is 6.27. The average molecular weight is 124 g/mol. The van der Waals surface area contributed by atoms with E-state index in [2.05, 4.69) is 10.3 Å². The normalized spacial score (nSPS) is 31.8. The Morgan fingerprint density at radius 3 is 3.33 bits per heavy atom. The quantitative estimate of drug-likeness (QED) is 0.507. The van der Waals surface area contributed by atoms with E-state index < -0.39 is 0 Å². The second-order valence-corrected chi connectivity index (χ2v) is 2.50. The lowest BCUT2D eigenvalue weighted by Crippen LogP contribution is -2.27. The van der Waals surface area contributed by atoms with Crippen LogP contribution in [-0.2, 0) is 0 Å². The van der Waals surface area contributed by atoms with Crippen molar-refractivity contribution in [1.29, 1.82) is 0 Å². The molecule has 1 unspecified atom stereocenters. The van der Waals surface area contributed by atoms with Crippen LogP contribution in [0, 0.1) is 0 Å². The van der Waals surface area contributed by atoms with Crippen molar-refractivity contribution in [2.24, 2.45) is 4.99 Å². The molecular weight excluding hydrogens is 116 g/mol. The smallest absolute Gasteiger partial charge is 0.328 e. The minimum Gasteiger partial charge on any atom is -0.328 e. The maximum atomic E-state index is 10.6. The molecule has 0 aromatic heterocycles. The van der Waals surface area contributed by atoms with Crippen LogP contribution in [0.4, 0.5) is 4.79 Å². The third kappa shape index (κ3) is 0.642. The average Bonchev–Trinajstić information content (AvgIpc) is 2.22. The number of fused-ring (bicyclic) bond motifs is 1. The van der Waals surface area contributed by atoms with Gasteiger partial charge in [0, 0.05) is 5.71 Å². The van der Waals surface area contributed by atoms with Crippen LogP contribution in [0.5, 0.6) is 0 Å². The molecule has 1 saturated carbocycles. The number of carbonyl (C=O) groups excluding carboxylic acids is 1. The fraction of sp³-hybridized carbons (Fsp3) is 0.667. The topological polar surface area (TPSA) is 41.5 Å². The number of hydrogen-bond acceptors (Lipinski definition) is 1. The molecule has 0 saturated heterocycles. The molecule has 2 aliphatic rings. The van der Waals surface area contributed by atoms with Crippen molar-refractivity contribution in [2.45, 2.75) is 25.3 Å². The van der Waals surface area contributed by atoms with Crippen molar-refractivity contribution in [3.05, 3.63) is 0 Å². The molecule has 1 aliphatic carbocycles. The van der Waals surface area contributed by atoms with Gasteiger partial charge < -0.3 is 5.32 Å².